The molecule has 4 atom stereocenters. The summed E-state index contributed by atoms with van der Waals surface area (Å²) in [6.07, 6.45) is -0.838. The Bertz CT molecular complexity index is 1930. The van der Waals surface area contributed by atoms with Crippen molar-refractivity contribution >= 4 is 63.7 Å². The number of amides is 4. The van der Waals surface area contributed by atoms with Crippen molar-refractivity contribution in [2.45, 2.75) is 81.2 Å². The number of hydrazine groups is 1. The Morgan fingerprint density at radius 3 is 2.15 bits per heavy atom. The van der Waals surface area contributed by atoms with Crippen molar-refractivity contribution < 1.29 is 38.3 Å². The topological polar surface area (TPSA) is 212 Å². The molecule has 16 nitrogen and oxygen atoms in total. The minimum absolute atomic E-state index is 0.0446. The fourth-order valence-corrected chi connectivity index (χ4v) is 8.26. The van der Waals surface area contributed by atoms with Crippen molar-refractivity contribution in [2.24, 2.45) is 11.0 Å². The molecule has 3 fully saturated rings. The summed E-state index contributed by atoms with van der Waals surface area (Å²) in [6, 6.07) is 16.1. The number of nitrogens with one attached hydrogen (secondary N) is 1. The average Bonchev–Trinajstić information content (AvgIpc) is 3.80. The van der Waals surface area contributed by atoms with Crippen LogP contribution in [0.25, 0.3) is 0 Å². The van der Waals surface area contributed by atoms with Crippen LogP contribution < -0.4 is 16.9 Å². The van der Waals surface area contributed by atoms with Crippen molar-refractivity contribution in [3.63, 3.8) is 0 Å². The van der Waals surface area contributed by atoms with Gasteiger partial charge in [0.25, 0.3) is 5.91 Å². The number of thiazole rings is 1. The highest BCUT2D eigenvalue weighted by Crippen LogP contribution is 2.51. The second kappa shape index (κ2) is 14.6. The molecule has 4 heterocycles. The third-order valence-electron chi connectivity index (χ3n) is 8.92. The van der Waals surface area contributed by atoms with Gasteiger partial charge in [-0.1, -0.05) is 77.6 Å². The molecule has 3 saturated heterocycles. The number of thioether (sulfide) groups is 1. The van der Waals surface area contributed by atoms with Crippen molar-refractivity contribution in [3.8, 4) is 0 Å². The van der Waals surface area contributed by atoms with E-state index in [1.165, 1.54) is 29.0 Å². The number of hydrogen-bond acceptors (Lipinski definition) is 14. The number of rotatable bonds is 11. The van der Waals surface area contributed by atoms with Crippen molar-refractivity contribution in [1.82, 2.24) is 25.1 Å². The summed E-state index contributed by atoms with van der Waals surface area (Å²) in [5, 5.41) is 8.56. The molecule has 0 saturated carbocycles. The van der Waals surface area contributed by atoms with E-state index in [1.807, 2.05) is 60.7 Å². The van der Waals surface area contributed by atoms with Gasteiger partial charge in [0.15, 0.2) is 16.9 Å². The largest absolute Gasteiger partial charge is 0.457 e. The summed E-state index contributed by atoms with van der Waals surface area (Å²) in [6.45, 7) is 9.57. The van der Waals surface area contributed by atoms with Crippen LogP contribution in [0.15, 0.2) is 71.2 Å². The lowest BCUT2D eigenvalue weighted by atomic mass is 10.0. The highest BCUT2D eigenvalue weighted by Gasteiger charge is 2.67. The molecule has 0 bridgehead atoms. The third kappa shape index (κ3) is 7.45. The molecule has 286 valence electrons. The number of carbonyl (C=O) groups excluding carboxylic acids is 5. The van der Waals surface area contributed by atoms with Crippen LogP contribution >= 0.6 is 23.1 Å². The Morgan fingerprint density at radius 2 is 1.63 bits per heavy atom. The Hall–Kier alpha value is -5.20. The smallest absolute Gasteiger partial charge is 0.353 e. The minimum Gasteiger partial charge on any atom is -0.457 e. The summed E-state index contributed by atoms with van der Waals surface area (Å²) >= 11 is 2.07. The Morgan fingerprint density at radius 1 is 1.02 bits per heavy atom. The minimum atomic E-state index is -1.72. The van der Waals surface area contributed by atoms with E-state index in [4.69, 9.17) is 25.9 Å². The van der Waals surface area contributed by atoms with E-state index in [0.717, 1.165) is 28.1 Å². The molecule has 3 aliphatic rings. The average molecular weight is 779 g/mol. The molecule has 4 amide bonds. The predicted molar refractivity (Wildman–Crippen MR) is 200 cm³/mol. The molecule has 0 aliphatic carbocycles. The second-order valence-corrected chi connectivity index (χ2v) is 16.9. The highest BCUT2D eigenvalue weighted by molar-refractivity contribution is 8.02. The van der Waals surface area contributed by atoms with E-state index in [0.29, 0.717) is 11.1 Å². The number of anilines is 1. The van der Waals surface area contributed by atoms with E-state index < -0.39 is 69.4 Å². The number of ether oxygens (including phenoxy) is 2. The zero-order valence-corrected chi connectivity index (χ0v) is 32.2. The van der Waals surface area contributed by atoms with Gasteiger partial charge < -0.3 is 30.3 Å². The van der Waals surface area contributed by atoms with Gasteiger partial charge in [-0.15, -0.1) is 11.3 Å². The SMILES string of the molecule is C[C@@H]1CN([C@]2(C(=O)OC(c3ccccc3)c3ccccc3)CN3C(=O)[C@@H](NC(=O)/C(=N\OC(C)(C)C(=O)OC(C)(C)C)c4csc(N)n4)[C@H]3S2)C(=O)N1N. The first kappa shape index (κ1) is 38.5. The van der Waals surface area contributed by atoms with Gasteiger partial charge in [-0.3, -0.25) is 19.5 Å². The molecule has 3 aliphatic heterocycles. The molecule has 6 rings (SSSR count). The van der Waals surface area contributed by atoms with Gasteiger partial charge in [0.1, 0.15) is 22.7 Å². The van der Waals surface area contributed by atoms with Crippen LogP contribution in [0.2, 0.25) is 0 Å². The number of hydrogen-bond donors (Lipinski definition) is 3. The van der Waals surface area contributed by atoms with E-state index in [-0.39, 0.29) is 29.6 Å². The number of oxime groups is 1. The fourth-order valence-electron chi connectivity index (χ4n) is 6.05. The summed E-state index contributed by atoms with van der Waals surface area (Å²) < 4.78 is 11.7. The summed E-state index contributed by atoms with van der Waals surface area (Å²) in [5.41, 5.74) is 4.53. The van der Waals surface area contributed by atoms with Crippen LogP contribution in [0.5, 0.6) is 0 Å². The normalized spacial score (nSPS) is 22.9. The number of aromatic nitrogens is 1. The van der Waals surface area contributed by atoms with Crippen molar-refractivity contribution in [3.05, 3.63) is 82.9 Å². The first-order valence-electron chi connectivity index (χ1n) is 17.1. The summed E-state index contributed by atoms with van der Waals surface area (Å²) in [7, 11) is 0. The van der Waals surface area contributed by atoms with Crippen molar-refractivity contribution in [1.29, 1.82) is 0 Å². The first-order chi connectivity index (χ1) is 25.4. The molecule has 54 heavy (non-hydrogen) atoms. The van der Waals surface area contributed by atoms with Gasteiger partial charge in [-0.2, -0.15) is 0 Å². The third-order valence-corrected chi connectivity index (χ3v) is 11.3. The number of benzene rings is 2. The summed E-state index contributed by atoms with van der Waals surface area (Å²) in [5.74, 6) is 3.26. The molecule has 3 aromatic rings. The monoisotopic (exact) mass is 778 g/mol. The van der Waals surface area contributed by atoms with Gasteiger partial charge in [-0.25, -0.2) is 25.2 Å². The molecule has 1 aromatic heterocycles. The number of nitrogens with two attached hydrogens (primary N) is 2. The molecular weight excluding hydrogens is 737 g/mol. The molecule has 18 heteroatoms. The van der Waals surface area contributed by atoms with E-state index >= 15 is 0 Å². The second-order valence-electron chi connectivity index (χ2n) is 14.6. The lowest BCUT2D eigenvalue weighted by molar-refractivity contribution is -0.179. The van der Waals surface area contributed by atoms with Crippen LogP contribution in [0.3, 0.4) is 0 Å². The van der Waals surface area contributed by atoms with Crippen LogP contribution in [0.4, 0.5) is 9.93 Å². The van der Waals surface area contributed by atoms with E-state index in [9.17, 15) is 24.0 Å². The van der Waals surface area contributed by atoms with Gasteiger partial charge >= 0.3 is 18.0 Å². The maximum absolute atomic E-state index is 14.6. The number of nitrogens with zero attached hydrogens (tertiary/aromatic N) is 5. The molecular formula is C36H42N8O8S2. The lowest BCUT2D eigenvalue weighted by Gasteiger charge is -2.41. The quantitative estimate of drug-likeness (QED) is 0.0641. The number of β-lactam (4-membered cyclic amide) rings is 1. The lowest BCUT2D eigenvalue weighted by Crippen LogP contribution is -2.68. The fraction of sp³-hybridized carbons (Fsp3) is 0.417. The zero-order chi connectivity index (χ0) is 39.2. The van der Waals surface area contributed by atoms with Crippen LogP contribution in [0.1, 0.15) is 64.5 Å². The maximum atomic E-state index is 14.6. The zero-order valence-electron chi connectivity index (χ0n) is 30.5. The Labute approximate surface area is 320 Å². The first-order valence-corrected chi connectivity index (χ1v) is 18.8. The predicted octanol–water partition coefficient (Wildman–Crippen LogP) is 3.00. The Balaban J connectivity index is 1.28. The van der Waals surface area contributed by atoms with Crippen LogP contribution in [-0.2, 0) is 33.5 Å². The number of nitrogen functional groups attached to an aromatic ring is 1. The van der Waals surface area contributed by atoms with Gasteiger partial charge in [0.05, 0.1) is 12.6 Å². The standard InChI is InChI=1S/C36H42N8O8S2/c1-20-17-43(33(49)44(20)38)36(31(48)50-26(21-13-9-7-10-14-21)22-15-11-8-12-16-22)19-42-28(46)25(29(42)54-36)40-27(45)24(23-18-53-32(37)39-23)41-52-35(5,6)30(47)51-34(2,3)4/h7-16,18,20,25-26,29H,17,19,38H2,1-6H3,(H2,37,39)(H,40,45)/b41-24-/t20-,25-,29-,36-/m1/s1. The van der Waals surface area contributed by atoms with E-state index in [2.05, 4.69) is 15.5 Å². The number of fused-ring (bicyclic) bond motifs is 1. The molecule has 0 spiro atoms. The van der Waals surface area contributed by atoms with Gasteiger partial charge in [0, 0.05) is 11.9 Å². The highest BCUT2D eigenvalue weighted by atomic mass is 32.2. The van der Waals surface area contributed by atoms with Crippen molar-refractivity contribution in [2.75, 3.05) is 18.8 Å². The molecule has 0 radical (unpaired) electrons. The Kier molecular flexibility index (Phi) is 10.4. The van der Waals surface area contributed by atoms with Crippen LogP contribution in [0, 0.1) is 0 Å². The number of esters is 2. The van der Waals surface area contributed by atoms with Crippen LogP contribution in [-0.4, -0.2) is 102 Å². The maximum Gasteiger partial charge on any atom is 0.353 e. The molecule has 0 unspecified atom stereocenters. The number of carbonyl (C=O) groups is 5. The molecule has 5 N–H and O–H groups in total. The summed E-state index contributed by atoms with van der Waals surface area (Å²) in [4.78, 5) is 79.4. The van der Waals surface area contributed by atoms with E-state index in [1.54, 1.807) is 27.7 Å². The van der Waals surface area contributed by atoms with Gasteiger partial charge in [-0.05, 0) is 52.7 Å². The number of urea groups is 1. The van der Waals surface area contributed by atoms with Gasteiger partial charge in [0.2, 0.25) is 16.4 Å². The molecule has 2 aromatic carbocycles.